The van der Waals surface area contributed by atoms with Gasteiger partial charge in [-0.25, -0.2) is 0 Å². The zero-order chi connectivity index (χ0) is 10.7. The maximum absolute atomic E-state index is 9.97. The number of carbonyl (C=O) groups excluding carboxylic acids is 1. The molecule has 1 amide bonds. The molecule has 1 fully saturated rings. The summed E-state index contributed by atoms with van der Waals surface area (Å²) in [7, 11) is 0. The van der Waals surface area contributed by atoms with Gasteiger partial charge in [-0.3, -0.25) is 4.79 Å². The van der Waals surface area contributed by atoms with Crippen molar-refractivity contribution in [2.45, 2.75) is 30.6 Å². The van der Waals surface area contributed by atoms with Crippen molar-refractivity contribution in [3.8, 4) is 0 Å². The van der Waals surface area contributed by atoms with E-state index in [-0.39, 0.29) is 0 Å². The third-order valence-electron chi connectivity index (χ3n) is 2.09. The van der Waals surface area contributed by atoms with Crippen molar-refractivity contribution in [1.29, 1.82) is 0 Å². The Kier molecular flexibility index (Phi) is 3.78. The van der Waals surface area contributed by atoms with Gasteiger partial charge < -0.3 is 30.5 Å². The molecule has 1 aliphatic heterocycles. The quantitative estimate of drug-likeness (QED) is 0.305. The molecule has 7 heteroatoms. The number of amides is 1. The molecule has 0 aliphatic carbocycles. The van der Waals surface area contributed by atoms with Crippen LogP contribution in [0.25, 0.3) is 0 Å². The van der Waals surface area contributed by atoms with Crippen LogP contribution in [-0.2, 0) is 9.53 Å². The summed E-state index contributed by atoms with van der Waals surface area (Å²) in [6.07, 6.45) is -5.25. The molecule has 0 bridgehead atoms. The van der Waals surface area contributed by atoms with Gasteiger partial charge in [-0.15, -0.1) is 0 Å². The van der Waals surface area contributed by atoms with E-state index in [1.54, 1.807) is 0 Å². The molecular formula is C7H12NO6. The van der Waals surface area contributed by atoms with Crippen molar-refractivity contribution >= 4 is 6.41 Å². The molecule has 0 aromatic heterocycles. The summed E-state index contributed by atoms with van der Waals surface area (Å²) in [4.78, 5) is 9.97. The zero-order valence-electron chi connectivity index (χ0n) is 7.20. The van der Waals surface area contributed by atoms with Gasteiger partial charge in [0.1, 0.15) is 24.4 Å². The Morgan fingerprint density at radius 2 is 1.86 bits per heavy atom. The molecule has 5 N–H and O–H groups in total. The fraction of sp³-hybridized carbons (Fsp3) is 0.857. The van der Waals surface area contributed by atoms with Gasteiger partial charge in [0, 0.05) is 0 Å². The average molecular weight is 206 g/mol. The van der Waals surface area contributed by atoms with E-state index in [0.717, 1.165) is 0 Å². The van der Waals surface area contributed by atoms with Gasteiger partial charge in [-0.2, -0.15) is 0 Å². The second-order valence-electron chi connectivity index (χ2n) is 3.00. The van der Waals surface area contributed by atoms with E-state index in [4.69, 9.17) is 9.84 Å². The van der Waals surface area contributed by atoms with E-state index >= 15 is 0 Å². The molecule has 7 nitrogen and oxygen atoms in total. The molecule has 14 heavy (non-hydrogen) atoms. The summed E-state index contributed by atoms with van der Waals surface area (Å²) in [6.45, 7) is -0.526. The van der Waals surface area contributed by atoms with Crippen molar-refractivity contribution < 1.29 is 30.0 Å². The molecule has 0 spiro atoms. The largest absolute Gasteiger partial charge is 0.394 e. The first-order valence-electron chi connectivity index (χ1n) is 4.05. The van der Waals surface area contributed by atoms with Crippen LogP contribution >= 0.6 is 0 Å². The number of aliphatic hydroxyl groups is 4. The van der Waals surface area contributed by atoms with Gasteiger partial charge >= 0.3 is 6.41 Å². The molecular weight excluding hydrogens is 194 g/mol. The third kappa shape index (κ3) is 2.02. The van der Waals surface area contributed by atoms with Crippen molar-refractivity contribution in [1.82, 2.24) is 5.32 Å². The summed E-state index contributed by atoms with van der Waals surface area (Å²) >= 11 is 0. The Bertz CT molecular complexity index is 199. The average Bonchev–Trinajstić information content (AvgIpc) is 2.19. The Morgan fingerprint density at radius 3 is 2.36 bits per heavy atom. The molecule has 0 aromatic carbocycles. The Labute approximate surface area is 79.9 Å². The summed E-state index contributed by atoms with van der Waals surface area (Å²) in [5, 5.41) is 38.6. The smallest absolute Gasteiger partial charge is 0.311 e. The fourth-order valence-electron chi connectivity index (χ4n) is 1.28. The predicted octanol–water partition coefficient (Wildman–Crippen LogP) is -3.56. The highest BCUT2D eigenvalue weighted by atomic mass is 16.6. The maximum atomic E-state index is 9.97. The summed E-state index contributed by atoms with van der Waals surface area (Å²) in [5.41, 5.74) is 0. The molecule has 1 rings (SSSR count). The highest BCUT2D eigenvalue weighted by molar-refractivity contribution is 5.47. The number of nitrogens with one attached hydrogen (secondary N) is 1. The number of hydrogen-bond acceptors (Lipinski definition) is 6. The van der Waals surface area contributed by atoms with E-state index in [1.165, 1.54) is 6.41 Å². The number of rotatable bonds is 3. The minimum absolute atomic E-state index is 0.526. The highest BCUT2D eigenvalue weighted by Gasteiger charge is 2.43. The van der Waals surface area contributed by atoms with Crippen LogP contribution in [0.5, 0.6) is 0 Å². The van der Waals surface area contributed by atoms with Gasteiger partial charge in [-0.05, 0) is 0 Å². The van der Waals surface area contributed by atoms with Crippen LogP contribution in [0.4, 0.5) is 0 Å². The first-order chi connectivity index (χ1) is 6.61. The summed E-state index contributed by atoms with van der Waals surface area (Å²) in [6, 6.07) is 0. The lowest BCUT2D eigenvalue weighted by atomic mass is 9.98. The zero-order valence-corrected chi connectivity index (χ0v) is 7.20. The lowest BCUT2D eigenvalue weighted by Crippen LogP contribution is -2.62. The van der Waals surface area contributed by atoms with Crippen LogP contribution in [0.15, 0.2) is 0 Å². The van der Waals surface area contributed by atoms with E-state index in [2.05, 4.69) is 0 Å². The molecule has 5 atom stereocenters. The molecule has 81 valence electrons. The number of ether oxygens (including phenoxy) is 1. The summed E-state index contributed by atoms with van der Waals surface area (Å²) < 4.78 is 4.89. The SMILES string of the molecule is O=[C]N[C@@H]1O[C@H](CO)[C@H](O)[C@H](O)[C@H]1O. The van der Waals surface area contributed by atoms with Gasteiger partial charge in [0.25, 0.3) is 0 Å². The van der Waals surface area contributed by atoms with Gasteiger partial charge in [0.2, 0.25) is 0 Å². The Balaban J connectivity index is 2.67. The standard InChI is InChI=1S/C7H12NO6/c9-1-3-4(11)5(12)6(13)7(14-3)8-2-10/h3-7,9,11-13H,1H2,(H,8,10)/t3-,4+,5+,6-,7-/m1/s1. The van der Waals surface area contributed by atoms with Crippen LogP contribution in [0, 0.1) is 0 Å². The normalized spacial score (nSPS) is 43.3. The fourth-order valence-corrected chi connectivity index (χ4v) is 1.28. The highest BCUT2D eigenvalue weighted by Crippen LogP contribution is 2.19. The van der Waals surface area contributed by atoms with Crippen molar-refractivity contribution in [2.75, 3.05) is 6.61 Å². The monoisotopic (exact) mass is 206 g/mol. The van der Waals surface area contributed by atoms with Crippen molar-refractivity contribution in [3.05, 3.63) is 0 Å². The van der Waals surface area contributed by atoms with Crippen LogP contribution in [0.1, 0.15) is 0 Å². The molecule has 0 saturated carbocycles. The second kappa shape index (κ2) is 4.67. The van der Waals surface area contributed by atoms with Gasteiger partial charge in [0.15, 0.2) is 6.23 Å². The minimum atomic E-state index is -1.48. The maximum Gasteiger partial charge on any atom is 0.311 e. The van der Waals surface area contributed by atoms with Crippen molar-refractivity contribution in [2.24, 2.45) is 0 Å². The van der Waals surface area contributed by atoms with E-state index in [9.17, 15) is 20.1 Å². The molecule has 1 radical (unpaired) electrons. The van der Waals surface area contributed by atoms with Crippen LogP contribution in [-0.4, -0.2) is 64.1 Å². The Morgan fingerprint density at radius 1 is 1.21 bits per heavy atom. The predicted molar refractivity (Wildman–Crippen MR) is 42.6 cm³/mol. The molecule has 1 saturated heterocycles. The van der Waals surface area contributed by atoms with Crippen LogP contribution in [0.3, 0.4) is 0 Å². The third-order valence-corrected chi connectivity index (χ3v) is 2.09. The Hall–Kier alpha value is -0.730. The first kappa shape index (κ1) is 11.3. The van der Waals surface area contributed by atoms with Gasteiger partial charge in [-0.1, -0.05) is 0 Å². The van der Waals surface area contributed by atoms with Gasteiger partial charge in [0.05, 0.1) is 6.61 Å². The minimum Gasteiger partial charge on any atom is -0.394 e. The van der Waals surface area contributed by atoms with E-state index in [0.29, 0.717) is 0 Å². The first-order valence-corrected chi connectivity index (χ1v) is 4.05. The van der Waals surface area contributed by atoms with Crippen LogP contribution in [0.2, 0.25) is 0 Å². The number of aliphatic hydroxyl groups excluding tert-OH is 4. The lowest BCUT2D eigenvalue weighted by Gasteiger charge is -2.39. The molecule has 0 unspecified atom stereocenters. The molecule has 1 heterocycles. The summed E-state index contributed by atoms with van der Waals surface area (Å²) in [5.74, 6) is 0. The number of hydrogen-bond donors (Lipinski definition) is 5. The van der Waals surface area contributed by atoms with Crippen molar-refractivity contribution in [3.63, 3.8) is 0 Å². The second-order valence-corrected chi connectivity index (χ2v) is 3.00. The topological polar surface area (TPSA) is 119 Å². The van der Waals surface area contributed by atoms with E-state index < -0.39 is 37.3 Å². The molecule has 0 aromatic rings. The molecule has 1 aliphatic rings. The van der Waals surface area contributed by atoms with E-state index in [1.807, 2.05) is 5.32 Å². The lowest BCUT2D eigenvalue weighted by molar-refractivity contribution is -0.232. The van der Waals surface area contributed by atoms with Crippen LogP contribution < -0.4 is 5.32 Å².